The Morgan fingerprint density at radius 3 is 2.19 bits per heavy atom. The summed E-state index contributed by atoms with van der Waals surface area (Å²) in [5.74, 6) is -0.873. The Kier molecular flexibility index (Phi) is 6.37. The van der Waals surface area contributed by atoms with Gasteiger partial charge in [-0.1, -0.05) is 36.8 Å². The standard InChI is InChI=1S/C19H23FN2O3S/c1-4-18(19(23)21-13-15-7-5-14(2)6-8-15)22(26(3,24)25)17-11-9-16(20)10-12-17/h5-12,18H,4,13H2,1-3H3,(H,21,23)/t18-/m1/s1. The zero-order valence-corrected chi connectivity index (χ0v) is 15.9. The van der Waals surface area contributed by atoms with Gasteiger partial charge in [-0.05, 0) is 43.2 Å². The van der Waals surface area contributed by atoms with Gasteiger partial charge in [0.25, 0.3) is 0 Å². The number of nitrogens with zero attached hydrogens (tertiary/aromatic N) is 1. The van der Waals surface area contributed by atoms with Crippen LogP contribution in [0.1, 0.15) is 24.5 Å². The molecule has 2 aromatic rings. The summed E-state index contributed by atoms with van der Waals surface area (Å²) in [6, 6.07) is 11.8. The van der Waals surface area contributed by atoms with Gasteiger partial charge in [-0.2, -0.15) is 0 Å². The van der Waals surface area contributed by atoms with Crippen molar-refractivity contribution < 1.29 is 17.6 Å². The SMILES string of the molecule is CC[C@H](C(=O)NCc1ccc(C)cc1)N(c1ccc(F)cc1)S(C)(=O)=O. The van der Waals surface area contributed by atoms with Crippen LogP contribution < -0.4 is 9.62 Å². The van der Waals surface area contributed by atoms with E-state index in [0.717, 1.165) is 21.7 Å². The van der Waals surface area contributed by atoms with Crippen LogP contribution in [0.15, 0.2) is 48.5 Å². The number of benzene rings is 2. The summed E-state index contributed by atoms with van der Waals surface area (Å²) in [6.45, 7) is 4.01. The fourth-order valence-electron chi connectivity index (χ4n) is 2.66. The smallest absolute Gasteiger partial charge is 0.244 e. The normalized spacial score (nSPS) is 12.5. The predicted molar refractivity (Wildman–Crippen MR) is 101 cm³/mol. The molecule has 0 radical (unpaired) electrons. The molecule has 0 aliphatic carbocycles. The topological polar surface area (TPSA) is 66.5 Å². The average molecular weight is 378 g/mol. The third-order valence-corrected chi connectivity index (χ3v) is 5.18. The molecule has 0 aliphatic rings. The molecule has 140 valence electrons. The van der Waals surface area contributed by atoms with Gasteiger partial charge in [0.05, 0.1) is 11.9 Å². The van der Waals surface area contributed by atoms with Crippen LogP contribution in [0.2, 0.25) is 0 Å². The van der Waals surface area contributed by atoms with Crippen molar-refractivity contribution in [2.75, 3.05) is 10.6 Å². The summed E-state index contributed by atoms with van der Waals surface area (Å²) in [4.78, 5) is 12.7. The summed E-state index contributed by atoms with van der Waals surface area (Å²) in [5, 5.41) is 2.78. The number of hydrogen-bond acceptors (Lipinski definition) is 3. The van der Waals surface area contributed by atoms with Gasteiger partial charge >= 0.3 is 0 Å². The van der Waals surface area contributed by atoms with Crippen molar-refractivity contribution >= 4 is 21.6 Å². The Balaban J connectivity index is 2.22. The second-order valence-corrected chi connectivity index (χ2v) is 8.02. The molecule has 0 aliphatic heterocycles. The van der Waals surface area contributed by atoms with E-state index in [2.05, 4.69) is 5.32 Å². The number of halogens is 1. The first-order valence-corrected chi connectivity index (χ1v) is 10.2. The number of aryl methyl sites for hydroxylation is 1. The van der Waals surface area contributed by atoms with E-state index in [9.17, 15) is 17.6 Å². The van der Waals surface area contributed by atoms with Crippen LogP contribution in [0.25, 0.3) is 0 Å². The molecule has 0 heterocycles. The first-order chi connectivity index (χ1) is 12.2. The molecule has 0 saturated heterocycles. The lowest BCUT2D eigenvalue weighted by Gasteiger charge is -2.30. The molecule has 2 rings (SSSR count). The third-order valence-electron chi connectivity index (χ3n) is 4.00. The third kappa shape index (κ3) is 5.05. The van der Waals surface area contributed by atoms with Gasteiger partial charge in [0.15, 0.2) is 0 Å². The second-order valence-electron chi connectivity index (χ2n) is 6.16. The molecule has 26 heavy (non-hydrogen) atoms. The first kappa shape index (κ1) is 19.9. The van der Waals surface area contributed by atoms with E-state index >= 15 is 0 Å². The number of anilines is 1. The molecule has 1 amide bonds. The fraction of sp³-hybridized carbons (Fsp3) is 0.316. The number of sulfonamides is 1. The van der Waals surface area contributed by atoms with Crippen LogP contribution >= 0.6 is 0 Å². The first-order valence-electron chi connectivity index (χ1n) is 8.30. The lowest BCUT2D eigenvalue weighted by Crippen LogP contribution is -2.49. The Morgan fingerprint density at radius 2 is 1.69 bits per heavy atom. The molecule has 0 aromatic heterocycles. The van der Waals surface area contributed by atoms with Crippen molar-refractivity contribution in [3.05, 3.63) is 65.5 Å². The second kappa shape index (κ2) is 8.31. The summed E-state index contributed by atoms with van der Waals surface area (Å²) in [7, 11) is -3.73. The minimum atomic E-state index is -3.73. The van der Waals surface area contributed by atoms with E-state index in [-0.39, 0.29) is 12.1 Å². The van der Waals surface area contributed by atoms with Crippen LogP contribution in [-0.4, -0.2) is 26.6 Å². The zero-order chi connectivity index (χ0) is 19.3. The van der Waals surface area contributed by atoms with Gasteiger partial charge in [0.2, 0.25) is 15.9 Å². The number of nitrogens with one attached hydrogen (secondary N) is 1. The van der Waals surface area contributed by atoms with E-state index < -0.39 is 27.8 Å². The zero-order valence-electron chi connectivity index (χ0n) is 15.1. The molecule has 1 atom stereocenters. The van der Waals surface area contributed by atoms with Crippen molar-refractivity contribution in [3.8, 4) is 0 Å². The number of amides is 1. The maximum Gasteiger partial charge on any atom is 0.244 e. The van der Waals surface area contributed by atoms with Crippen LogP contribution in [-0.2, 0) is 21.4 Å². The number of carbonyl (C=O) groups excluding carboxylic acids is 1. The monoisotopic (exact) mass is 378 g/mol. The van der Waals surface area contributed by atoms with Crippen LogP contribution in [0.5, 0.6) is 0 Å². The number of rotatable bonds is 7. The molecule has 0 saturated carbocycles. The van der Waals surface area contributed by atoms with E-state index in [1.807, 2.05) is 31.2 Å². The Morgan fingerprint density at radius 1 is 1.12 bits per heavy atom. The minimum absolute atomic E-state index is 0.256. The van der Waals surface area contributed by atoms with Gasteiger partial charge in [-0.15, -0.1) is 0 Å². The molecule has 0 bridgehead atoms. The quantitative estimate of drug-likeness (QED) is 0.805. The van der Waals surface area contributed by atoms with E-state index in [1.165, 1.54) is 24.3 Å². The van der Waals surface area contributed by atoms with E-state index in [0.29, 0.717) is 6.54 Å². The maximum absolute atomic E-state index is 13.2. The highest BCUT2D eigenvalue weighted by Gasteiger charge is 2.31. The molecular formula is C19H23FN2O3S. The molecule has 5 nitrogen and oxygen atoms in total. The molecule has 0 spiro atoms. The van der Waals surface area contributed by atoms with Gasteiger partial charge in [-0.3, -0.25) is 9.10 Å². The van der Waals surface area contributed by atoms with Gasteiger partial charge in [0.1, 0.15) is 11.9 Å². The van der Waals surface area contributed by atoms with Crippen molar-refractivity contribution in [2.24, 2.45) is 0 Å². The Bertz CT molecular complexity index is 849. The van der Waals surface area contributed by atoms with Crippen LogP contribution in [0.4, 0.5) is 10.1 Å². The Labute approximate surface area is 153 Å². The summed E-state index contributed by atoms with van der Waals surface area (Å²) in [6.07, 6.45) is 1.32. The van der Waals surface area contributed by atoms with Crippen molar-refractivity contribution in [1.82, 2.24) is 5.32 Å². The van der Waals surface area contributed by atoms with Gasteiger partial charge in [-0.25, -0.2) is 12.8 Å². The maximum atomic E-state index is 13.2. The highest BCUT2D eigenvalue weighted by molar-refractivity contribution is 7.92. The van der Waals surface area contributed by atoms with E-state index in [4.69, 9.17) is 0 Å². The lowest BCUT2D eigenvalue weighted by atomic mass is 10.1. The predicted octanol–water partition coefficient (Wildman–Crippen LogP) is 3.00. The molecule has 0 unspecified atom stereocenters. The Hall–Kier alpha value is -2.41. The molecule has 0 fully saturated rings. The molecule has 2 aromatic carbocycles. The van der Waals surface area contributed by atoms with Crippen LogP contribution in [0, 0.1) is 12.7 Å². The van der Waals surface area contributed by atoms with E-state index in [1.54, 1.807) is 6.92 Å². The largest absolute Gasteiger partial charge is 0.350 e. The minimum Gasteiger partial charge on any atom is -0.350 e. The van der Waals surface area contributed by atoms with Gasteiger partial charge in [0, 0.05) is 6.54 Å². The molecular weight excluding hydrogens is 355 g/mol. The van der Waals surface area contributed by atoms with Crippen molar-refractivity contribution in [3.63, 3.8) is 0 Å². The lowest BCUT2D eigenvalue weighted by molar-refractivity contribution is -0.122. The van der Waals surface area contributed by atoms with Crippen molar-refractivity contribution in [2.45, 2.75) is 32.9 Å². The molecule has 1 N–H and O–H groups in total. The number of carbonyl (C=O) groups is 1. The fourth-order valence-corrected chi connectivity index (χ4v) is 3.87. The summed E-state index contributed by atoms with van der Waals surface area (Å²) < 4.78 is 38.8. The summed E-state index contributed by atoms with van der Waals surface area (Å²) in [5.41, 5.74) is 2.30. The molecule has 7 heteroatoms. The van der Waals surface area contributed by atoms with Crippen LogP contribution in [0.3, 0.4) is 0 Å². The summed E-state index contributed by atoms with van der Waals surface area (Å²) >= 11 is 0. The van der Waals surface area contributed by atoms with Gasteiger partial charge < -0.3 is 5.32 Å². The highest BCUT2D eigenvalue weighted by Crippen LogP contribution is 2.22. The highest BCUT2D eigenvalue weighted by atomic mass is 32.2. The average Bonchev–Trinajstić information content (AvgIpc) is 2.59. The number of hydrogen-bond donors (Lipinski definition) is 1. The van der Waals surface area contributed by atoms with Crippen molar-refractivity contribution in [1.29, 1.82) is 0 Å².